The summed E-state index contributed by atoms with van der Waals surface area (Å²) in [6.45, 7) is 5.72. The molecule has 0 bridgehead atoms. The van der Waals surface area contributed by atoms with Crippen LogP contribution in [0.15, 0.2) is 50.7 Å². The third kappa shape index (κ3) is 4.14. The van der Waals surface area contributed by atoms with Crippen molar-refractivity contribution in [2.75, 3.05) is 20.8 Å². The van der Waals surface area contributed by atoms with E-state index >= 15 is 0 Å². The molecule has 0 fully saturated rings. The first-order chi connectivity index (χ1) is 15.9. The molecule has 1 aliphatic rings. The summed E-state index contributed by atoms with van der Waals surface area (Å²) >= 11 is 2.88. The maximum Gasteiger partial charge on any atom is 0.338 e. The number of hydrogen-bond donors (Lipinski definition) is 0. The Hall–Kier alpha value is -3.17. The first-order valence-electron chi connectivity index (χ1n) is 10.3. The molecule has 0 saturated heterocycles. The summed E-state index contributed by atoms with van der Waals surface area (Å²) in [7, 11) is 3.11. The molecule has 3 heterocycles. The number of nitrogens with zero attached hydrogens (tertiary/aromatic N) is 2. The smallest absolute Gasteiger partial charge is 0.338 e. The number of hydrogen-bond acceptors (Lipinski definition) is 8. The molecule has 2 aromatic heterocycles. The van der Waals surface area contributed by atoms with E-state index in [9.17, 15) is 9.59 Å². The van der Waals surface area contributed by atoms with Crippen molar-refractivity contribution in [3.05, 3.63) is 76.6 Å². The summed E-state index contributed by atoms with van der Waals surface area (Å²) < 4.78 is 18.4. The molecule has 0 amide bonds. The quantitative estimate of drug-likeness (QED) is 0.502. The van der Waals surface area contributed by atoms with Crippen LogP contribution < -0.4 is 24.4 Å². The average molecular weight is 485 g/mol. The van der Waals surface area contributed by atoms with Crippen LogP contribution in [0.5, 0.6) is 11.5 Å². The first-order valence-corrected chi connectivity index (χ1v) is 12.0. The van der Waals surface area contributed by atoms with Crippen molar-refractivity contribution in [1.29, 1.82) is 0 Å². The Morgan fingerprint density at radius 1 is 1.21 bits per heavy atom. The Morgan fingerprint density at radius 2 is 2.00 bits per heavy atom. The third-order valence-electron chi connectivity index (χ3n) is 5.42. The number of methoxy groups -OCH3 is 2. The van der Waals surface area contributed by atoms with Gasteiger partial charge in [0.1, 0.15) is 17.5 Å². The zero-order valence-electron chi connectivity index (χ0n) is 19.0. The molecule has 3 aromatic rings. The van der Waals surface area contributed by atoms with E-state index in [4.69, 9.17) is 14.2 Å². The van der Waals surface area contributed by atoms with Crippen LogP contribution in [-0.2, 0) is 9.53 Å². The lowest BCUT2D eigenvalue weighted by atomic mass is 9.95. The van der Waals surface area contributed by atoms with Gasteiger partial charge in [0.15, 0.2) is 4.80 Å². The molecule has 1 aliphatic heterocycles. The SMILES string of the molecule is CCOC(=O)C1=C(C)N=c2s/c(=C\c3sccc3C)c(=O)n2[C@H]1c1ccc(OC)cc1OC. The fourth-order valence-corrected chi connectivity index (χ4v) is 5.74. The van der Waals surface area contributed by atoms with Gasteiger partial charge in [-0.15, -0.1) is 11.3 Å². The lowest BCUT2D eigenvalue weighted by molar-refractivity contribution is -0.139. The number of thiazole rings is 1. The highest BCUT2D eigenvalue weighted by atomic mass is 32.1. The fraction of sp³-hybridized carbons (Fsp3) is 0.292. The van der Waals surface area contributed by atoms with E-state index in [1.54, 1.807) is 62.2 Å². The standard InChI is InChI=1S/C24H24N2O5S2/c1-6-31-23(28)20-14(3)25-24-26(21(20)16-8-7-15(29-4)11-17(16)30-5)22(27)19(33-24)12-18-13(2)9-10-32-18/h7-12,21H,6H2,1-5H3/b19-12-/t21-/m0/s1. The van der Waals surface area contributed by atoms with Crippen LogP contribution in [-0.4, -0.2) is 31.4 Å². The molecule has 1 atom stereocenters. The van der Waals surface area contributed by atoms with E-state index in [1.807, 2.05) is 24.4 Å². The molecular formula is C24H24N2O5S2. The van der Waals surface area contributed by atoms with E-state index in [-0.39, 0.29) is 12.2 Å². The predicted molar refractivity (Wildman–Crippen MR) is 129 cm³/mol. The Bertz CT molecular complexity index is 1430. The van der Waals surface area contributed by atoms with Gasteiger partial charge in [-0.3, -0.25) is 9.36 Å². The fourth-order valence-electron chi connectivity index (χ4n) is 3.78. The van der Waals surface area contributed by atoms with Crippen LogP contribution in [0, 0.1) is 6.92 Å². The van der Waals surface area contributed by atoms with Gasteiger partial charge in [-0.05, 0) is 56.0 Å². The summed E-state index contributed by atoms with van der Waals surface area (Å²) in [5.41, 5.74) is 2.35. The number of aromatic nitrogens is 1. The highest BCUT2D eigenvalue weighted by molar-refractivity contribution is 7.11. The van der Waals surface area contributed by atoms with Crippen LogP contribution in [0.2, 0.25) is 0 Å². The average Bonchev–Trinajstić information content (AvgIpc) is 3.35. The van der Waals surface area contributed by atoms with E-state index in [0.29, 0.717) is 37.7 Å². The highest BCUT2D eigenvalue weighted by Gasteiger charge is 2.35. The van der Waals surface area contributed by atoms with Crippen LogP contribution in [0.25, 0.3) is 6.08 Å². The number of carbonyl (C=O) groups excluding carboxylic acids is 1. The molecule has 4 rings (SSSR count). The van der Waals surface area contributed by atoms with Crippen molar-refractivity contribution in [2.45, 2.75) is 26.8 Å². The summed E-state index contributed by atoms with van der Waals surface area (Å²) in [5.74, 6) is 0.596. The summed E-state index contributed by atoms with van der Waals surface area (Å²) in [6, 6.07) is 6.59. The maximum absolute atomic E-state index is 13.6. The second-order valence-electron chi connectivity index (χ2n) is 7.38. The Labute approximate surface area is 198 Å². The van der Waals surface area contributed by atoms with Gasteiger partial charge in [-0.25, -0.2) is 9.79 Å². The molecular weight excluding hydrogens is 460 g/mol. The zero-order chi connectivity index (χ0) is 23.7. The maximum atomic E-state index is 13.6. The van der Waals surface area contributed by atoms with E-state index in [1.165, 1.54) is 11.3 Å². The summed E-state index contributed by atoms with van der Waals surface area (Å²) in [5, 5.41) is 1.99. The Morgan fingerprint density at radius 3 is 2.64 bits per heavy atom. The Kier molecular flexibility index (Phi) is 6.53. The summed E-state index contributed by atoms with van der Waals surface area (Å²) in [6.07, 6.45) is 1.88. The molecule has 0 aliphatic carbocycles. The van der Waals surface area contributed by atoms with Gasteiger partial charge in [0.05, 0.1) is 36.6 Å². The van der Waals surface area contributed by atoms with Crippen molar-refractivity contribution in [3.8, 4) is 11.5 Å². The van der Waals surface area contributed by atoms with Crippen LogP contribution in [0.1, 0.15) is 35.9 Å². The van der Waals surface area contributed by atoms with Gasteiger partial charge >= 0.3 is 5.97 Å². The Balaban J connectivity index is 2.01. The second-order valence-corrected chi connectivity index (χ2v) is 9.33. The number of aryl methyl sites for hydroxylation is 1. The molecule has 0 saturated carbocycles. The van der Waals surface area contributed by atoms with Crippen LogP contribution in [0.4, 0.5) is 0 Å². The largest absolute Gasteiger partial charge is 0.497 e. The van der Waals surface area contributed by atoms with Crippen LogP contribution in [0.3, 0.4) is 0 Å². The molecule has 1 aromatic carbocycles. The number of fused-ring (bicyclic) bond motifs is 1. The minimum absolute atomic E-state index is 0.212. The summed E-state index contributed by atoms with van der Waals surface area (Å²) in [4.78, 5) is 32.8. The number of thiophene rings is 1. The second kappa shape index (κ2) is 9.36. The molecule has 0 spiro atoms. The molecule has 33 heavy (non-hydrogen) atoms. The van der Waals surface area contributed by atoms with Crippen LogP contribution >= 0.6 is 22.7 Å². The lowest BCUT2D eigenvalue weighted by Gasteiger charge is -2.26. The number of carbonyl (C=O) groups is 1. The van der Waals surface area contributed by atoms with E-state index < -0.39 is 12.0 Å². The van der Waals surface area contributed by atoms with E-state index in [0.717, 1.165) is 10.4 Å². The number of benzene rings is 1. The van der Waals surface area contributed by atoms with Gasteiger partial charge in [-0.2, -0.15) is 0 Å². The molecule has 0 N–H and O–H groups in total. The predicted octanol–water partition coefficient (Wildman–Crippen LogP) is 3.19. The topological polar surface area (TPSA) is 79.1 Å². The normalized spacial score (nSPS) is 15.8. The minimum atomic E-state index is -0.743. The third-order valence-corrected chi connectivity index (χ3v) is 7.37. The van der Waals surface area contributed by atoms with Crippen molar-refractivity contribution in [1.82, 2.24) is 4.57 Å². The van der Waals surface area contributed by atoms with Crippen molar-refractivity contribution < 1.29 is 19.0 Å². The van der Waals surface area contributed by atoms with Crippen molar-refractivity contribution >= 4 is 34.7 Å². The molecule has 0 unspecified atom stereocenters. The number of allylic oxidation sites excluding steroid dienone is 1. The lowest BCUT2D eigenvalue weighted by Crippen LogP contribution is -2.40. The number of esters is 1. The zero-order valence-corrected chi connectivity index (χ0v) is 20.6. The molecule has 7 nitrogen and oxygen atoms in total. The van der Waals surface area contributed by atoms with Gasteiger partial charge in [0.25, 0.3) is 5.56 Å². The van der Waals surface area contributed by atoms with Crippen molar-refractivity contribution in [3.63, 3.8) is 0 Å². The number of ether oxygens (including phenoxy) is 3. The molecule has 172 valence electrons. The highest BCUT2D eigenvalue weighted by Crippen LogP contribution is 2.37. The molecule has 0 radical (unpaired) electrons. The first kappa shape index (κ1) is 23.0. The van der Waals surface area contributed by atoms with Gasteiger partial charge in [-0.1, -0.05) is 11.3 Å². The van der Waals surface area contributed by atoms with Gasteiger partial charge < -0.3 is 14.2 Å². The number of rotatable bonds is 6. The monoisotopic (exact) mass is 484 g/mol. The molecule has 9 heteroatoms. The van der Waals surface area contributed by atoms with Crippen molar-refractivity contribution in [2.24, 2.45) is 4.99 Å². The van der Waals surface area contributed by atoms with Gasteiger partial charge in [0, 0.05) is 16.5 Å². The minimum Gasteiger partial charge on any atom is -0.497 e. The van der Waals surface area contributed by atoms with E-state index in [2.05, 4.69) is 4.99 Å². The van der Waals surface area contributed by atoms with Gasteiger partial charge in [0.2, 0.25) is 0 Å².